The van der Waals surface area contributed by atoms with E-state index in [1.54, 1.807) is 0 Å². The normalized spacial score (nSPS) is 13.2. The monoisotopic (exact) mass is 272 g/mol. The van der Waals surface area contributed by atoms with Gasteiger partial charge in [-0.3, -0.25) is 5.43 Å². The van der Waals surface area contributed by atoms with Crippen LogP contribution in [0.2, 0.25) is 0 Å². The van der Waals surface area contributed by atoms with Crippen LogP contribution in [0, 0.1) is 0 Å². The Balaban J connectivity index is 2.00. The molecule has 0 atom stereocenters. The highest BCUT2D eigenvalue weighted by Crippen LogP contribution is 2.32. The fourth-order valence-corrected chi connectivity index (χ4v) is 2.27. The summed E-state index contributed by atoms with van der Waals surface area (Å²) in [5, 5.41) is 0. The number of fused-ring (bicyclic) bond motifs is 1. The molecule has 0 aliphatic carbocycles. The first kappa shape index (κ1) is 12.6. The summed E-state index contributed by atoms with van der Waals surface area (Å²) in [4.78, 5) is 14.7. The molecule has 1 aromatic heterocycles. The topological polar surface area (TPSA) is 89.2 Å². The molecule has 7 nitrogen and oxygen atoms in total. The van der Waals surface area contributed by atoms with E-state index in [0.29, 0.717) is 18.5 Å². The quantitative estimate of drug-likeness (QED) is 0.639. The maximum atomic E-state index is 5.40. The molecular weight excluding hydrogens is 256 g/mol. The number of benzene rings is 1. The van der Waals surface area contributed by atoms with Crippen LogP contribution in [0.3, 0.4) is 0 Å². The first-order chi connectivity index (χ1) is 9.81. The summed E-state index contributed by atoms with van der Waals surface area (Å²) in [6.45, 7) is 3.20. The Labute approximate surface area is 116 Å². The molecule has 1 aliphatic rings. The van der Waals surface area contributed by atoms with Gasteiger partial charge in [0.1, 0.15) is 0 Å². The fraction of sp³-hybridized carbons (Fsp3) is 0.308. The molecule has 0 radical (unpaired) electrons. The van der Waals surface area contributed by atoms with Crippen molar-refractivity contribution in [2.45, 2.75) is 13.3 Å². The van der Waals surface area contributed by atoms with Gasteiger partial charge in [-0.15, -0.1) is 0 Å². The van der Waals surface area contributed by atoms with Crippen LogP contribution in [-0.2, 0) is 6.42 Å². The summed E-state index contributed by atoms with van der Waals surface area (Å²) >= 11 is 0. The number of hydrogen-bond donors (Lipinski definition) is 2. The minimum Gasteiger partial charge on any atom is -0.464 e. The molecule has 3 rings (SSSR count). The van der Waals surface area contributed by atoms with E-state index >= 15 is 0 Å². The number of hydrazine groups is 1. The Bertz CT molecular complexity index is 618. The zero-order valence-corrected chi connectivity index (χ0v) is 11.2. The Morgan fingerprint density at radius 1 is 1.30 bits per heavy atom. The molecule has 2 aromatic rings. The Morgan fingerprint density at radius 2 is 2.15 bits per heavy atom. The summed E-state index contributed by atoms with van der Waals surface area (Å²) < 4.78 is 5.35. The van der Waals surface area contributed by atoms with Gasteiger partial charge in [-0.25, -0.2) is 5.84 Å². The first-order valence-electron chi connectivity index (χ1n) is 6.52. The van der Waals surface area contributed by atoms with Gasteiger partial charge in [-0.1, -0.05) is 18.2 Å². The summed E-state index contributed by atoms with van der Waals surface area (Å²) in [7, 11) is 0. The van der Waals surface area contributed by atoms with Gasteiger partial charge < -0.3 is 9.64 Å². The van der Waals surface area contributed by atoms with Crippen molar-refractivity contribution in [1.82, 2.24) is 15.0 Å². The molecule has 7 heteroatoms. The number of nitrogen functional groups attached to an aromatic ring is 1. The molecule has 3 N–H and O–H groups in total. The third-order valence-corrected chi connectivity index (χ3v) is 3.13. The highest BCUT2D eigenvalue weighted by Gasteiger charge is 2.23. The fourth-order valence-electron chi connectivity index (χ4n) is 2.27. The number of nitrogens with zero attached hydrogens (tertiary/aromatic N) is 4. The number of para-hydroxylation sites is 1. The lowest BCUT2D eigenvalue weighted by atomic mass is 10.2. The van der Waals surface area contributed by atoms with Gasteiger partial charge in [0.2, 0.25) is 11.9 Å². The van der Waals surface area contributed by atoms with E-state index in [1.807, 2.05) is 24.0 Å². The molecule has 20 heavy (non-hydrogen) atoms. The predicted molar refractivity (Wildman–Crippen MR) is 76.0 cm³/mol. The van der Waals surface area contributed by atoms with Crippen LogP contribution in [-0.4, -0.2) is 28.1 Å². The maximum absolute atomic E-state index is 5.40. The molecule has 0 fully saturated rings. The summed E-state index contributed by atoms with van der Waals surface area (Å²) in [6, 6.07) is 8.48. The number of anilines is 3. The molecule has 0 bridgehead atoms. The summed E-state index contributed by atoms with van der Waals surface area (Å²) in [6.07, 6.45) is 0.969. The second kappa shape index (κ2) is 5.30. The van der Waals surface area contributed by atoms with Crippen LogP contribution in [0.4, 0.5) is 17.6 Å². The second-order valence-electron chi connectivity index (χ2n) is 4.35. The van der Waals surface area contributed by atoms with Crippen molar-refractivity contribution in [2.24, 2.45) is 5.84 Å². The molecule has 1 aromatic carbocycles. The van der Waals surface area contributed by atoms with Crippen LogP contribution >= 0.6 is 0 Å². The Kier molecular flexibility index (Phi) is 3.34. The summed E-state index contributed by atoms with van der Waals surface area (Å²) in [5.41, 5.74) is 4.84. The van der Waals surface area contributed by atoms with E-state index in [-0.39, 0.29) is 6.01 Å². The molecule has 0 saturated heterocycles. The minimum atomic E-state index is 0.273. The minimum absolute atomic E-state index is 0.273. The first-order valence-corrected chi connectivity index (χ1v) is 6.52. The van der Waals surface area contributed by atoms with E-state index in [2.05, 4.69) is 32.5 Å². The Morgan fingerprint density at radius 3 is 2.95 bits per heavy atom. The largest absolute Gasteiger partial charge is 0.464 e. The van der Waals surface area contributed by atoms with Crippen molar-refractivity contribution >= 4 is 17.6 Å². The van der Waals surface area contributed by atoms with Crippen molar-refractivity contribution < 1.29 is 4.74 Å². The van der Waals surface area contributed by atoms with E-state index < -0.39 is 0 Å². The number of ether oxygens (including phenoxy) is 1. The van der Waals surface area contributed by atoms with E-state index in [0.717, 1.165) is 18.7 Å². The molecule has 2 heterocycles. The second-order valence-corrected chi connectivity index (χ2v) is 4.35. The lowest BCUT2D eigenvalue weighted by molar-refractivity contribution is 0.312. The van der Waals surface area contributed by atoms with Gasteiger partial charge in [0.25, 0.3) is 0 Å². The molecule has 0 saturated carbocycles. The highest BCUT2D eigenvalue weighted by atomic mass is 16.5. The van der Waals surface area contributed by atoms with Crippen LogP contribution in [0.15, 0.2) is 24.3 Å². The average molecular weight is 272 g/mol. The third kappa shape index (κ3) is 2.23. The van der Waals surface area contributed by atoms with Crippen LogP contribution in [0.5, 0.6) is 6.01 Å². The van der Waals surface area contributed by atoms with Gasteiger partial charge >= 0.3 is 6.01 Å². The lowest BCUT2D eigenvalue weighted by Crippen LogP contribution is -2.20. The molecule has 104 valence electrons. The molecule has 0 spiro atoms. The van der Waals surface area contributed by atoms with Crippen molar-refractivity contribution in [3.05, 3.63) is 29.8 Å². The van der Waals surface area contributed by atoms with Crippen LogP contribution in [0.25, 0.3) is 0 Å². The van der Waals surface area contributed by atoms with Crippen molar-refractivity contribution in [2.75, 3.05) is 23.5 Å². The van der Waals surface area contributed by atoms with Gasteiger partial charge in [-0.05, 0) is 25.0 Å². The van der Waals surface area contributed by atoms with Crippen LogP contribution < -0.4 is 20.9 Å². The number of nitrogens with one attached hydrogen (secondary N) is 1. The number of hydrogen-bond acceptors (Lipinski definition) is 7. The number of aromatic nitrogens is 3. The van der Waals surface area contributed by atoms with Crippen LogP contribution in [0.1, 0.15) is 12.5 Å². The van der Waals surface area contributed by atoms with Gasteiger partial charge in [0.05, 0.1) is 6.61 Å². The average Bonchev–Trinajstić information content (AvgIpc) is 2.91. The van der Waals surface area contributed by atoms with Crippen molar-refractivity contribution in [3.63, 3.8) is 0 Å². The zero-order valence-electron chi connectivity index (χ0n) is 11.2. The third-order valence-electron chi connectivity index (χ3n) is 3.13. The predicted octanol–water partition coefficient (Wildman–Crippen LogP) is 1.25. The van der Waals surface area contributed by atoms with Crippen molar-refractivity contribution in [1.29, 1.82) is 0 Å². The standard InChI is InChI=1S/C13H16N6O/c1-2-20-13-16-11(18-14)15-12(17-13)19-8-7-9-5-3-4-6-10(9)19/h3-6H,2,7-8,14H2,1H3,(H,15,16,17,18). The lowest BCUT2D eigenvalue weighted by Gasteiger charge is -2.18. The summed E-state index contributed by atoms with van der Waals surface area (Å²) in [5.74, 6) is 6.24. The van der Waals surface area contributed by atoms with Gasteiger partial charge in [-0.2, -0.15) is 15.0 Å². The van der Waals surface area contributed by atoms with Gasteiger partial charge in [0.15, 0.2) is 0 Å². The zero-order chi connectivity index (χ0) is 13.9. The van der Waals surface area contributed by atoms with Crippen molar-refractivity contribution in [3.8, 4) is 6.01 Å². The molecule has 0 amide bonds. The molecular formula is C13H16N6O. The smallest absolute Gasteiger partial charge is 0.323 e. The van der Waals surface area contributed by atoms with E-state index in [9.17, 15) is 0 Å². The molecule has 1 aliphatic heterocycles. The highest BCUT2D eigenvalue weighted by molar-refractivity contribution is 5.66. The Hall–Kier alpha value is -2.41. The maximum Gasteiger partial charge on any atom is 0.323 e. The van der Waals surface area contributed by atoms with Gasteiger partial charge in [0, 0.05) is 12.2 Å². The molecule has 0 unspecified atom stereocenters. The van der Waals surface area contributed by atoms with E-state index in [4.69, 9.17) is 10.6 Å². The SMILES string of the molecule is CCOc1nc(NN)nc(N2CCc3ccccc32)n1. The number of rotatable bonds is 4. The number of nitrogens with two attached hydrogens (primary N) is 1. The van der Waals surface area contributed by atoms with E-state index in [1.165, 1.54) is 5.56 Å².